The summed E-state index contributed by atoms with van der Waals surface area (Å²) < 4.78 is 4.09. The number of aryl methyl sites for hydroxylation is 2. The Morgan fingerprint density at radius 1 is 1.37 bits per heavy atom. The summed E-state index contributed by atoms with van der Waals surface area (Å²) in [6, 6.07) is 5.92. The molecule has 1 heterocycles. The van der Waals surface area contributed by atoms with Crippen LogP contribution in [0.2, 0.25) is 0 Å². The molecule has 1 aromatic heterocycles. The van der Waals surface area contributed by atoms with Crippen LogP contribution >= 0.6 is 43.6 Å². The van der Waals surface area contributed by atoms with E-state index in [4.69, 9.17) is 5.73 Å². The van der Waals surface area contributed by atoms with Crippen LogP contribution in [0.4, 0.5) is 5.69 Å². The van der Waals surface area contributed by atoms with Crippen molar-refractivity contribution in [3.63, 3.8) is 0 Å². The van der Waals surface area contributed by atoms with Crippen molar-refractivity contribution < 1.29 is 0 Å². The van der Waals surface area contributed by atoms with Crippen molar-refractivity contribution >= 4 is 49.3 Å². The standard InChI is InChI=1S/C13H15Br2N3S/c1-3-10-13(15)11(18(2)17-10)7-19-12-6-8(14)4-5-9(12)16/h4-6H,3,7,16H2,1-2H3. The Balaban J connectivity index is 2.19. The van der Waals surface area contributed by atoms with Crippen molar-refractivity contribution in [2.75, 3.05) is 5.73 Å². The van der Waals surface area contributed by atoms with Crippen LogP contribution in [-0.2, 0) is 19.2 Å². The Hall–Kier alpha value is -0.460. The molecule has 0 radical (unpaired) electrons. The normalized spacial score (nSPS) is 10.9. The molecule has 0 spiro atoms. The maximum absolute atomic E-state index is 5.99. The smallest absolute Gasteiger partial charge is 0.0767 e. The summed E-state index contributed by atoms with van der Waals surface area (Å²) in [6.45, 7) is 2.11. The first-order chi connectivity index (χ1) is 9.02. The zero-order valence-corrected chi connectivity index (χ0v) is 14.8. The van der Waals surface area contributed by atoms with Crippen LogP contribution in [0.15, 0.2) is 32.0 Å². The van der Waals surface area contributed by atoms with Crippen LogP contribution in [-0.4, -0.2) is 9.78 Å². The predicted octanol–water partition coefficient (Wildman–Crippen LogP) is 4.38. The van der Waals surface area contributed by atoms with E-state index in [0.717, 1.165) is 37.4 Å². The van der Waals surface area contributed by atoms with E-state index in [-0.39, 0.29) is 0 Å². The number of rotatable bonds is 4. The molecule has 6 heteroatoms. The predicted molar refractivity (Wildman–Crippen MR) is 88.4 cm³/mol. The lowest BCUT2D eigenvalue weighted by atomic mass is 10.3. The van der Waals surface area contributed by atoms with Gasteiger partial charge < -0.3 is 5.73 Å². The minimum absolute atomic E-state index is 0.808. The quantitative estimate of drug-likeness (QED) is 0.607. The number of hydrogen-bond donors (Lipinski definition) is 1. The second-order valence-electron chi connectivity index (χ2n) is 4.16. The first-order valence-electron chi connectivity index (χ1n) is 5.91. The third-order valence-electron chi connectivity index (χ3n) is 2.84. The van der Waals surface area contributed by atoms with E-state index in [0.29, 0.717) is 0 Å². The Morgan fingerprint density at radius 3 is 2.74 bits per heavy atom. The van der Waals surface area contributed by atoms with Gasteiger partial charge in [-0.05, 0) is 40.5 Å². The molecular formula is C13H15Br2N3S. The highest BCUT2D eigenvalue weighted by atomic mass is 79.9. The van der Waals surface area contributed by atoms with Gasteiger partial charge in [-0.15, -0.1) is 11.8 Å². The number of benzene rings is 1. The summed E-state index contributed by atoms with van der Waals surface area (Å²) in [5.74, 6) is 0.838. The second kappa shape index (κ2) is 6.33. The van der Waals surface area contributed by atoms with E-state index < -0.39 is 0 Å². The van der Waals surface area contributed by atoms with Crippen molar-refractivity contribution in [2.24, 2.45) is 7.05 Å². The molecule has 1 aromatic carbocycles. The molecule has 0 amide bonds. The van der Waals surface area contributed by atoms with Crippen LogP contribution in [0.1, 0.15) is 18.3 Å². The maximum atomic E-state index is 5.99. The molecule has 0 atom stereocenters. The van der Waals surface area contributed by atoms with E-state index in [1.165, 1.54) is 5.69 Å². The summed E-state index contributed by atoms with van der Waals surface area (Å²) in [7, 11) is 1.98. The largest absolute Gasteiger partial charge is 0.398 e. The van der Waals surface area contributed by atoms with Crippen molar-refractivity contribution in [2.45, 2.75) is 24.0 Å². The third-order valence-corrected chi connectivity index (χ3v) is 5.33. The van der Waals surface area contributed by atoms with Gasteiger partial charge in [-0.25, -0.2) is 0 Å². The Kier molecular flexibility index (Phi) is 4.97. The summed E-state index contributed by atoms with van der Waals surface area (Å²) in [4.78, 5) is 1.08. The van der Waals surface area contributed by atoms with Crippen LogP contribution in [0.3, 0.4) is 0 Å². The van der Waals surface area contributed by atoms with Gasteiger partial charge in [0.1, 0.15) is 0 Å². The molecule has 3 nitrogen and oxygen atoms in total. The average molecular weight is 405 g/mol. The van der Waals surface area contributed by atoms with Gasteiger partial charge >= 0.3 is 0 Å². The van der Waals surface area contributed by atoms with Gasteiger partial charge in [0.2, 0.25) is 0 Å². The van der Waals surface area contributed by atoms with Gasteiger partial charge in [-0.3, -0.25) is 4.68 Å². The molecule has 0 fully saturated rings. The number of nitrogens with zero attached hydrogens (tertiary/aromatic N) is 2. The molecule has 0 bridgehead atoms. The van der Waals surface area contributed by atoms with Gasteiger partial charge in [-0.2, -0.15) is 5.10 Å². The van der Waals surface area contributed by atoms with Crippen LogP contribution in [0.5, 0.6) is 0 Å². The molecule has 0 aliphatic heterocycles. The lowest BCUT2D eigenvalue weighted by Gasteiger charge is -2.07. The monoisotopic (exact) mass is 403 g/mol. The fourth-order valence-electron chi connectivity index (χ4n) is 1.76. The lowest BCUT2D eigenvalue weighted by Crippen LogP contribution is -1.97. The number of nitrogen functional groups attached to an aromatic ring is 1. The second-order valence-corrected chi connectivity index (χ2v) is 6.88. The highest BCUT2D eigenvalue weighted by Crippen LogP contribution is 2.33. The Morgan fingerprint density at radius 2 is 2.11 bits per heavy atom. The van der Waals surface area contributed by atoms with Crippen LogP contribution in [0, 0.1) is 0 Å². The minimum atomic E-state index is 0.808. The van der Waals surface area contributed by atoms with Gasteiger partial charge in [0, 0.05) is 27.9 Å². The Bertz CT molecular complexity index is 596. The molecule has 0 aliphatic carbocycles. The summed E-state index contributed by atoms with van der Waals surface area (Å²) >= 11 is 8.82. The Labute approximate surface area is 134 Å². The molecule has 102 valence electrons. The molecule has 0 saturated carbocycles. The number of anilines is 1. The first kappa shape index (κ1) is 14.9. The SMILES string of the molecule is CCc1nn(C)c(CSc2cc(Br)ccc2N)c1Br. The summed E-state index contributed by atoms with van der Waals surface area (Å²) in [5, 5.41) is 4.50. The molecule has 2 N–H and O–H groups in total. The van der Waals surface area contributed by atoms with Gasteiger partial charge in [0.05, 0.1) is 15.9 Å². The van der Waals surface area contributed by atoms with Gasteiger partial charge in [0.15, 0.2) is 0 Å². The molecule has 19 heavy (non-hydrogen) atoms. The van der Waals surface area contributed by atoms with E-state index in [2.05, 4.69) is 43.9 Å². The minimum Gasteiger partial charge on any atom is -0.398 e. The lowest BCUT2D eigenvalue weighted by molar-refractivity contribution is 0.719. The molecule has 0 unspecified atom stereocenters. The van der Waals surface area contributed by atoms with Gasteiger partial charge in [-0.1, -0.05) is 22.9 Å². The molecule has 0 aliphatic rings. The maximum Gasteiger partial charge on any atom is 0.0767 e. The van der Waals surface area contributed by atoms with Crippen LogP contribution < -0.4 is 5.73 Å². The highest BCUT2D eigenvalue weighted by Gasteiger charge is 2.13. The van der Waals surface area contributed by atoms with E-state index in [9.17, 15) is 0 Å². The van der Waals surface area contributed by atoms with Crippen molar-refractivity contribution in [1.82, 2.24) is 9.78 Å². The number of hydrogen-bond acceptors (Lipinski definition) is 3. The number of aromatic nitrogens is 2. The molecule has 0 saturated heterocycles. The third kappa shape index (κ3) is 3.35. The van der Waals surface area contributed by atoms with E-state index in [1.807, 2.05) is 29.9 Å². The van der Waals surface area contributed by atoms with Crippen LogP contribution in [0.25, 0.3) is 0 Å². The number of halogens is 2. The highest BCUT2D eigenvalue weighted by molar-refractivity contribution is 9.10. The average Bonchev–Trinajstić information content (AvgIpc) is 2.66. The summed E-state index contributed by atoms with van der Waals surface area (Å²) in [6.07, 6.45) is 0.929. The number of thioether (sulfide) groups is 1. The fraction of sp³-hybridized carbons (Fsp3) is 0.308. The summed E-state index contributed by atoms with van der Waals surface area (Å²) in [5.41, 5.74) is 9.07. The first-order valence-corrected chi connectivity index (χ1v) is 8.48. The van der Waals surface area contributed by atoms with E-state index >= 15 is 0 Å². The van der Waals surface area contributed by atoms with Gasteiger partial charge in [0.25, 0.3) is 0 Å². The topological polar surface area (TPSA) is 43.8 Å². The molecule has 2 rings (SSSR count). The molecular weight excluding hydrogens is 390 g/mol. The van der Waals surface area contributed by atoms with Crippen molar-refractivity contribution in [3.8, 4) is 0 Å². The zero-order valence-electron chi connectivity index (χ0n) is 10.8. The van der Waals surface area contributed by atoms with Crippen molar-refractivity contribution in [1.29, 1.82) is 0 Å². The zero-order chi connectivity index (χ0) is 14.0. The van der Waals surface area contributed by atoms with E-state index in [1.54, 1.807) is 11.8 Å². The van der Waals surface area contributed by atoms with Crippen molar-refractivity contribution in [3.05, 3.63) is 38.5 Å². The molecule has 2 aromatic rings. The fourth-order valence-corrected chi connectivity index (χ4v) is 4.28. The number of nitrogens with two attached hydrogens (primary N) is 1.